The number of nitro groups is 1. The molecular weight excluding hydrogens is 286 g/mol. The van der Waals surface area contributed by atoms with Gasteiger partial charge in [-0.05, 0) is 17.5 Å². The molecule has 0 aromatic heterocycles. The van der Waals surface area contributed by atoms with Crippen LogP contribution in [0.25, 0.3) is 10.8 Å². The summed E-state index contributed by atoms with van der Waals surface area (Å²) in [6, 6.07) is 8.72. The van der Waals surface area contributed by atoms with Gasteiger partial charge in [0.05, 0.1) is 10.3 Å². The molecule has 0 unspecified atom stereocenters. The van der Waals surface area contributed by atoms with Gasteiger partial charge in [0.2, 0.25) is 0 Å². The molecule has 0 saturated carbocycles. The molecule has 7 nitrogen and oxygen atoms in total. The number of carboxylic acids is 1. The highest BCUT2D eigenvalue weighted by atomic mass is 32.2. The van der Waals surface area contributed by atoms with E-state index >= 15 is 0 Å². The fourth-order valence-electron chi connectivity index (χ4n) is 1.91. The summed E-state index contributed by atoms with van der Waals surface area (Å²) in [4.78, 5) is 20.4. The van der Waals surface area contributed by atoms with Gasteiger partial charge < -0.3 is 5.11 Å². The number of nitro benzene ring substituents is 1. The Labute approximate surface area is 113 Å². The molecule has 1 N–H and O–H groups in total. The van der Waals surface area contributed by atoms with Crippen LogP contribution in [-0.2, 0) is 14.6 Å². The highest BCUT2D eigenvalue weighted by molar-refractivity contribution is 7.92. The molecule has 0 spiro atoms. The second-order valence-corrected chi connectivity index (χ2v) is 6.00. The molecule has 0 heterocycles. The van der Waals surface area contributed by atoms with Crippen molar-refractivity contribution in [2.45, 2.75) is 4.90 Å². The lowest BCUT2D eigenvalue weighted by Gasteiger charge is -2.06. The van der Waals surface area contributed by atoms with Gasteiger partial charge in [0.25, 0.3) is 5.69 Å². The van der Waals surface area contributed by atoms with Crippen LogP contribution in [-0.4, -0.2) is 30.2 Å². The van der Waals surface area contributed by atoms with Crippen molar-refractivity contribution in [1.29, 1.82) is 0 Å². The molecule has 0 amide bonds. The summed E-state index contributed by atoms with van der Waals surface area (Å²) in [6.45, 7) is 0. The third kappa shape index (κ3) is 2.45. The first-order chi connectivity index (χ1) is 9.33. The molecule has 0 saturated heterocycles. The highest BCUT2D eigenvalue weighted by Crippen LogP contribution is 2.33. The predicted octanol–water partition coefficient (Wildman–Crippen LogP) is 1.61. The van der Waals surface area contributed by atoms with Crippen molar-refractivity contribution < 1.29 is 23.2 Å². The Morgan fingerprint density at radius 2 is 1.85 bits per heavy atom. The molecule has 0 bridgehead atoms. The van der Waals surface area contributed by atoms with Gasteiger partial charge in [-0.25, -0.2) is 8.42 Å². The van der Waals surface area contributed by atoms with Crippen LogP contribution in [0.3, 0.4) is 0 Å². The Bertz CT molecular complexity index is 812. The maximum Gasteiger partial charge on any atom is 0.319 e. The number of aliphatic carboxylic acids is 1. The second kappa shape index (κ2) is 4.89. The SMILES string of the molecule is O=C(O)CS(=O)(=O)c1ccc2ccccc2c1[N+](=O)[O-]. The number of hydrogen-bond donors (Lipinski definition) is 1. The van der Waals surface area contributed by atoms with Gasteiger partial charge in [-0.15, -0.1) is 0 Å². The number of nitrogens with zero attached hydrogens (tertiary/aromatic N) is 1. The van der Waals surface area contributed by atoms with E-state index in [1.54, 1.807) is 18.2 Å². The number of rotatable bonds is 4. The van der Waals surface area contributed by atoms with E-state index in [4.69, 9.17) is 5.11 Å². The molecule has 2 aromatic carbocycles. The second-order valence-electron chi connectivity index (χ2n) is 4.04. The third-order valence-corrected chi connectivity index (χ3v) is 4.32. The topological polar surface area (TPSA) is 115 Å². The first-order valence-corrected chi connectivity index (χ1v) is 7.09. The summed E-state index contributed by atoms with van der Waals surface area (Å²) < 4.78 is 23.9. The molecule has 0 aliphatic rings. The number of sulfone groups is 1. The number of carbonyl (C=O) groups is 1. The fourth-order valence-corrected chi connectivity index (χ4v) is 3.15. The van der Waals surface area contributed by atoms with Crippen LogP contribution < -0.4 is 0 Å². The van der Waals surface area contributed by atoms with E-state index in [9.17, 15) is 23.3 Å². The Morgan fingerprint density at radius 3 is 2.45 bits per heavy atom. The monoisotopic (exact) mass is 295 g/mol. The summed E-state index contributed by atoms with van der Waals surface area (Å²) >= 11 is 0. The molecule has 2 rings (SSSR count). The van der Waals surface area contributed by atoms with Crippen molar-refractivity contribution in [1.82, 2.24) is 0 Å². The van der Waals surface area contributed by atoms with E-state index < -0.39 is 37.1 Å². The molecule has 8 heteroatoms. The maximum absolute atomic E-state index is 11.9. The van der Waals surface area contributed by atoms with Crippen LogP contribution in [0.15, 0.2) is 41.3 Å². The predicted molar refractivity (Wildman–Crippen MR) is 70.3 cm³/mol. The molecule has 0 radical (unpaired) electrons. The zero-order valence-electron chi connectivity index (χ0n) is 10.0. The van der Waals surface area contributed by atoms with Crippen molar-refractivity contribution in [2.24, 2.45) is 0 Å². The standard InChI is InChI=1S/C12H9NO6S/c14-11(15)7-20(18,19)10-6-5-8-3-1-2-4-9(8)12(10)13(16)17/h1-6H,7H2,(H,14,15). The van der Waals surface area contributed by atoms with E-state index in [2.05, 4.69) is 0 Å². The summed E-state index contributed by atoms with van der Waals surface area (Å²) in [6.07, 6.45) is 0. The molecule has 0 aliphatic carbocycles. The van der Waals surface area contributed by atoms with Gasteiger partial charge in [0.1, 0.15) is 4.90 Å². The molecule has 104 valence electrons. The van der Waals surface area contributed by atoms with Gasteiger partial charge >= 0.3 is 5.97 Å². The molecule has 2 aromatic rings. The van der Waals surface area contributed by atoms with Crippen LogP contribution in [0.4, 0.5) is 5.69 Å². The molecule has 0 atom stereocenters. The van der Waals surface area contributed by atoms with Crippen LogP contribution in [0.2, 0.25) is 0 Å². The molecular formula is C12H9NO6S. The Kier molecular flexibility index (Phi) is 3.41. The van der Waals surface area contributed by atoms with E-state index in [-0.39, 0.29) is 5.39 Å². The zero-order chi connectivity index (χ0) is 14.9. The van der Waals surface area contributed by atoms with Crippen molar-refractivity contribution in [3.8, 4) is 0 Å². The number of carboxylic acid groups (broad SMARTS) is 1. The van der Waals surface area contributed by atoms with Gasteiger partial charge in [-0.2, -0.15) is 0 Å². The lowest BCUT2D eigenvalue weighted by molar-refractivity contribution is -0.386. The summed E-state index contributed by atoms with van der Waals surface area (Å²) in [5.74, 6) is -2.75. The van der Waals surface area contributed by atoms with E-state index in [1.807, 2.05) is 0 Å². The zero-order valence-corrected chi connectivity index (χ0v) is 10.8. The number of benzene rings is 2. The van der Waals surface area contributed by atoms with Gasteiger partial charge in [0, 0.05) is 0 Å². The molecule has 0 fully saturated rings. The highest BCUT2D eigenvalue weighted by Gasteiger charge is 2.29. The minimum atomic E-state index is -4.27. The van der Waals surface area contributed by atoms with Crippen molar-refractivity contribution >= 4 is 32.3 Å². The Morgan fingerprint density at radius 1 is 1.20 bits per heavy atom. The summed E-state index contributed by atoms with van der Waals surface area (Å²) in [5.41, 5.74) is -0.593. The van der Waals surface area contributed by atoms with E-state index in [0.717, 1.165) is 6.07 Å². The van der Waals surface area contributed by atoms with Crippen molar-refractivity contribution in [2.75, 3.05) is 5.75 Å². The molecule has 0 aliphatic heterocycles. The average molecular weight is 295 g/mol. The van der Waals surface area contributed by atoms with Crippen LogP contribution in [0.1, 0.15) is 0 Å². The minimum Gasteiger partial charge on any atom is -0.480 e. The average Bonchev–Trinajstić information content (AvgIpc) is 2.35. The Balaban J connectivity index is 2.81. The smallest absolute Gasteiger partial charge is 0.319 e. The third-order valence-electron chi connectivity index (χ3n) is 2.69. The fraction of sp³-hybridized carbons (Fsp3) is 0.0833. The van der Waals surface area contributed by atoms with Crippen molar-refractivity contribution in [3.63, 3.8) is 0 Å². The van der Waals surface area contributed by atoms with Gasteiger partial charge in [-0.3, -0.25) is 14.9 Å². The first-order valence-electron chi connectivity index (χ1n) is 5.43. The normalized spacial score (nSPS) is 11.4. The Hall–Kier alpha value is -2.48. The lowest BCUT2D eigenvalue weighted by Crippen LogP contribution is -2.16. The molecule has 20 heavy (non-hydrogen) atoms. The van der Waals surface area contributed by atoms with Crippen molar-refractivity contribution in [3.05, 3.63) is 46.5 Å². The van der Waals surface area contributed by atoms with Crippen LogP contribution in [0.5, 0.6) is 0 Å². The summed E-state index contributed by atoms with van der Waals surface area (Å²) in [5, 5.41) is 20.4. The van der Waals surface area contributed by atoms with Gasteiger partial charge in [0.15, 0.2) is 15.6 Å². The van der Waals surface area contributed by atoms with Crippen LogP contribution >= 0.6 is 0 Å². The number of hydrogen-bond acceptors (Lipinski definition) is 5. The number of fused-ring (bicyclic) bond motifs is 1. The largest absolute Gasteiger partial charge is 0.480 e. The first kappa shape index (κ1) is 13.9. The van der Waals surface area contributed by atoms with E-state index in [0.29, 0.717) is 5.39 Å². The lowest BCUT2D eigenvalue weighted by atomic mass is 10.1. The maximum atomic E-state index is 11.9. The minimum absolute atomic E-state index is 0.156. The van der Waals surface area contributed by atoms with E-state index in [1.165, 1.54) is 12.1 Å². The quantitative estimate of drug-likeness (QED) is 0.676. The summed E-state index contributed by atoms with van der Waals surface area (Å²) in [7, 11) is -4.27. The van der Waals surface area contributed by atoms with Gasteiger partial charge in [-0.1, -0.05) is 24.3 Å². The van der Waals surface area contributed by atoms with Crippen LogP contribution in [0, 0.1) is 10.1 Å².